The molecule has 0 aliphatic carbocycles. The first-order chi connectivity index (χ1) is 6.99. The van der Waals surface area contributed by atoms with E-state index < -0.39 is 0 Å². The lowest BCUT2D eigenvalue weighted by Crippen LogP contribution is -2.45. The summed E-state index contributed by atoms with van der Waals surface area (Å²) in [6.45, 7) is 8.62. The minimum Gasteiger partial charge on any atom is -0.354 e. The molecular weight excluding hydrogens is 190 g/mol. The van der Waals surface area contributed by atoms with Gasteiger partial charge in [0.2, 0.25) is 5.91 Å². The van der Waals surface area contributed by atoms with Gasteiger partial charge in [0.15, 0.2) is 0 Å². The Kier molecular flexibility index (Phi) is 7.34. The van der Waals surface area contributed by atoms with Crippen LogP contribution in [0.5, 0.6) is 0 Å². The van der Waals surface area contributed by atoms with E-state index in [1.807, 2.05) is 13.8 Å². The topological polar surface area (TPSA) is 67.1 Å². The van der Waals surface area contributed by atoms with Crippen molar-refractivity contribution in [1.82, 2.24) is 10.6 Å². The predicted octanol–water partition coefficient (Wildman–Crippen LogP) is 0.617. The predicted molar refractivity (Wildman–Crippen MR) is 63.6 cm³/mol. The van der Waals surface area contributed by atoms with Crippen molar-refractivity contribution in [3.63, 3.8) is 0 Å². The average molecular weight is 215 g/mol. The fourth-order valence-corrected chi connectivity index (χ4v) is 1.34. The third-order valence-corrected chi connectivity index (χ3v) is 2.30. The van der Waals surface area contributed by atoms with Crippen LogP contribution in [0.4, 0.5) is 0 Å². The molecule has 0 bridgehead atoms. The fraction of sp³-hybridized carbons (Fsp3) is 0.909. The summed E-state index contributed by atoms with van der Waals surface area (Å²) in [7, 11) is 0. The van der Waals surface area contributed by atoms with Gasteiger partial charge in [0, 0.05) is 31.1 Å². The Balaban J connectivity index is 3.92. The summed E-state index contributed by atoms with van der Waals surface area (Å²) in [6.07, 6.45) is 1.50. The van der Waals surface area contributed by atoms with Gasteiger partial charge >= 0.3 is 0 Å². The summed E-state index contributed by atoms with van der Waals surface area (Å²) in [5.41, 5.74) is 5.61. The van der Waals surface area contributed by atoms with E-state index in [9.17, 15) is 4.79 Å². The van der Waals surface area contributed by atoms with Gasteiger partial charge < -0.3 is 16.4 Å². The van der Waals surface area contributed by atoms with Crippen molar-refractivity contribution in [2.24, 2.45) is 5.73 Å². The number of hydrogen-bond donors (Lipinski definition) is 3. The smallest absolute Gasteiger partial charge is 0.221 e. The van der Waals surface area contributed by atoms with E-state index in [0.29, 0.717) is 19.0 Å². The summed E-state index contributed by atoms with van der Waals surface area (Å²) >= 11 is 0. The molecule has 0 aliphatic heterocycles. The van der Waals surface area contributed by atoms with E-state index in [1.54, 1.807) is 0 Å². The standard InChI is InChI=1S/C11H25N3O/c1-5-9(4)14-10(7-12)6-11(15)13-8(2)3/h8-10,14H,5-7,12H2,1-4H3,(H,13,15). The molecule has 4 heteroatoms. The lowest BCUT2D eigenvalue weighted by Gasteiger charge is -2.21. The van der Waals surface area contributed by atoms with E-state index >= 15 is 0 Å². The highest BCUT2D eigenvalue weighted by atomic mass is 16.1. The van der Waals surface area contributed by atoms with Crippen LogP contribution in [0.2, 0.25) is 0 Å². The SMILES string of the molecule is CCC(C)NC(CN)CC(=O)NC(C)C. The molecule has 1 amide bonds. The zero-order chi connectivity index (χ0) is 11.8. The van der Waals surface area contributed by atoms with Gasteiger partial charge in [0.1, 0.15) is 0 Å². The first kappa shape index (κ1) is 14.4. The minimum atomic E-state index is 0.0660. The van der Waals surface area contributed by atoms with Crippen LogP contribution >= 0.6 is 0 Å². The maximum absolute atomic E-state index is 11.5. The number of nitrogens with two attached hydrogens (primary N) is 1. The van der Waals surface area contributed by atoms with E-state index in [0.717, 1.165) is 6.42 Å². The van der Waals surface area contributed by atoms with Crippen LogP contribution in [0.3, 0.4) is 0 Å². The maximum Gasteiger partial charge on any atom is 0.221 e. The number of hydrogen-bond acceptors (Lipinski definition) is 3. The second-order valence-electron chi connectivity index (χ2n) is 4.33. The summed E-state index contributed by atoms with van der Waals surface area (Å²) in [5, 5.41) is 6.20. The molecule has 0 saturated heterocycles. The van der Waals surface area contributed by atoms with Crippen molar-refractivity contribution in [3.8, 4) is 0 Å². The molecular formula is C11H25N3O. The molecule has 0 spiro atoms. The van der Waals surface area contributed by atoms with Crippen LogP contribution in [0.15, 0.2) is 0 Å². The summed E-state index contributed by atoms with van der Waals surface area (Å²) in [5.74, 6) is 0.0660. The van der Waals surface area contributed by atoms with Crippen molar-refractivity contribution in [3.05, 3.63) is 0 Å². The van der Waals surface area contributed by atoms with Crippen molar-refractivity contribution in [1.29, 1.82) is 0 Å². The molecule has 0 fully saturated rings. The minimum absolute atomic E-state index is 0.0660. The molecule has 0 aromatic carbocycles. The van der Waals surface area contributed by atoms with Crippen LogP contribution in [0.1, 0.15) is 40.5 Å². The monoisotopic (exact) mass is 215 g/mol. The Hall–Kier alpha value is -0.610. The van der Waals surface area contributed by atoms with Crippen LogP contribution < -0.4 is 16.4 Å². The van der Waals surface area contributed by atoms with E-state index in [1.165, 1.54) is 0 Å². The highest BCUT2D eigenvalue weighted by Crippen LogP contribution is 1.96. The number of carbonyl (C=O) groups excluding carboxylic acids is 1. The molecule has 0 heterocycles. The number of rotatable bonds is 7. The quantitative estimate of drug-likeness (QED) is 0.583. The van der Waals surface area contributed by atoms with Crippen molar-refractivity contribution < 1.29 is 4.79 Å². The zero-order valence-electron chi connectivity index (χ0n) is 10.3. The Morgan fingerprint density at radius 1 is 1.33 bits per heavy atom. The van der Waals surface area contributed by atoms with Gasteiger partial charge in [0.25, 0.3) is 0 Å². The van der Waals surface area contributed by atoms with Gasteiger partial charge in [-0.1, -0.05) is 6.92 Å². The molecule has 0 aliphatic rings. The lowest BCUT2D eigenvalue weighted by atomic mass is 10.1. The third-order valence-electron chi connectivity index (χ3n) is 2.30. The Morgan fingerprint density at radius 2 is 1.93 bits per heavy atom. The molecule has 90 valence electrons. The summed E-state index contributed by atoms with van der Waals surface area (Å²) in [4.78, 5) is 11.5. The van der Waals surface area contributed by atoms with Crippen LogP contribution in [-0.2, 0) is 4.79 Å². The van der Waals surface area contributed by atoms with E-state index in [2.05, 4.69) is 24.5 Å². The molecule has 2 unspecified atom stereocenters. The van der Waals surface area contributed by atoms with Crippen molar-refractivity contribution >= 4 is 5.91 Å². The van der Waals surface area contributed by atoms with Gasteiger partial charge in [-0.3, -0.25) is 4.79 Å². The van der Waals surface area contributed by atoms with Gasteiger partial charge in [0.05, 0.1) is 0 Å². The molecule has 0 radical (unpaired) electrons. The normalized spacial score (nSPS) is 15.1. The maximum atomic E-state index is 11.5. The van der Waals surface area contributed by atoms with Crippen molar-refractivity contribution in [2.45, 2.75) is 58.7 Å². The summed E-state index contributed by atoms with van der Waals surface area (Å²) < 4.78 is 0. The fourth-order valence-electron chi connectivity index (χ4n) is 1.34. The number of nitrogens with one attached hydrogen (secondary N) is 2. The molecule has 0 saturated carbocycles. The van der Waals surface area contributed by atoms with E-state index in [4.69, 9.17) is 5.73 Å². The Labute approximate surface area is 93.0 Å². The molecule has 4 N–H and O–H groups in total. The molecule has 0 aromatic rings. The van der Waals surface area contributed by atoms with Crippen LogP contribution in [-0.4, -0.2) is 30.6 Å². The first-order valence-electron chi connectivity index (χ1n) is 5.75. The molecule has 0 rings (SSSR count). The highest BCUT2D eigenvalue weighted by molar-refractivity contribution is 5.76. The first-order valence-corrected chi connectivity index (χ1v) is 5.75. The van der Waals surface area contributed by atoms with Gasteiger partial charge in [-0.2, -0.15) is 0 Å². The Bertz CT molecular complexity index is 183. The average Bonchev–Trinajstić information content (AvgIpc) is 2.15. The zero-order valence-corrected chi connectivity index (χ0v) is 10.3. The second-order valence-corrected chi connectivity index (χ2v) is 4.33. The molecule has 0 aromatic heterocycles. The van der Waals surface area contributed by atoms with Crippen LogP contribution in [0.25, 0.3) is 0 Å². The molecule has 15 heavy (non-hydrogen) atoms. The van der Waals surface area contributed by atoms with Crippen LogP contribution in [0, 0.1) is 0 Å². The lowest BCUT2D eigenvalue weighted by molar-refractivity contribution is -0.122. The second kappa shape index (κ2) is 7.65. The molecule has 4 nitrogen and oxygen atoms in total. The molecule has 2 atom stereocenters. The number of amides is 1. The largest absolute Gasteiger partial charge is 0.354 e. The number of carbonyl (C=O) groups is 1. The Morgan fingerprint density at radius 3 is 2.33 bits per heavy atom. The summed E-state index contributed by atoms with van der Waals surface area (Å²) in [6, 6.07) is 0.684. The third kappa shape index (κ3) is 7.33. The van der Waals surface area contributed by atoms with Gasteiger partial charge in [-0.05, 0) is 27.2 Å². The van der Waals surface area contributed by atoms with Gasteiger partial charge in [-0.25, -0.2) is 0 Å². The van der Waals surface area contributed by atoms with E-state index in [-0.39, 0.29) is 18.0 Å². The highest BCUT2D eigenvalue weighted by Gasteiger charge is 2.14. The van der Waals surface area contributed by atoms with Crippen molar-refractivity contribution in [2.75, 3.05) is 6.54 Å². The van der Waals surface area contributed by atoms with Gasteiger partial charge in [-0.15, -0.1) is 0 Å².